The van der Waals surface area contributed by atoms with Gasteiger partial charge in [-0.3, -0.25) is 9.59 Å². The summed E-state index contributed by atoms with van der Waals surface area (Å²) in [5.74, 6) is -0.453. The zero-order valence-electron chi connectivity index (χ0n) is 13.9. The number of carboxylic acid groups (broad SMARTS) is 1. The third-order valence-electron chi connectivity index (χ3n) is 3.15. The van der Waals surface area contributed by atoms with Gasteiger partial charge in [0.25, 0.3) is 0 Å². The number of carboxylic acids is 1. The van der Waals surface area contributed by atoms with Crippen LogP contribution in [0.4, 0.5) is 5.69 Å². The van der Waals surface area contributed by atoms with Gasteiger partial charge in [-0.1, -0.05) is 19.9 Å². The summed E-state index contributed by atoms with van der Waals surface area (Å²) < 4.78 is 10.5. The van der Waals surface area contributed by atoms with E-state index in [9.17, 15) is 9.59 Å². The van der Waals surface area contributed by atoms with Crippen molar-refractivity contribution in [2.45, 2.75) is 33.1 Å². The van der Waals surface area contributed by atoms with Gasteiger partial charge in [-0.2, -0.15) is 0 Å². The maximum atomic E-state index is 12.1. The standard InChI is InChI=1S/C17H25NO5/c1-17(2,12-16(20)21)11-15(19)18-13-6-4-7-14(10-13)23-9-5-8-22-3/h4,6-7,10H,5,8-9,11-12H2,1-3H3,(H,18,19)(H,20,21). The lowest BCUT2D eigenvalue weighted by molar-refractivity contribution is -0.139. The van der Waals surface area contributed by atoms with Crippen LogP contribution in [0.5, 0.6) is 5.75 Å². The normalized spacial score (nSPS) is 11.1. The summed E-state index contributed by atoms with van der Waals surface area (Å²) in [6.07, 6.45) is 0.873. The summed E-state index contributed by atoms with van der Waals surface area (Å²) >= 11 is 0. The van der Waals surface area contributed by atoms with Crippen LogP contribution in [0.2, 0.25) is 0 Å². The molecule has 0 aliphatic rings. The van der Waals surface area contributed by atoms with E-state index in [2.05, 4.69) is 5.32 Å². The molecule has 0 saturated heterocycles. The fraction of sp³-hybridized carbons (Fsp3) is 0.529. The second kappa shape index (κ2) is 9.15. The second-order valence-corrected chi connectivity index (χ2v) is 6.18. The molecule has 0 aliphatic heterocycles. The Kier molecular flexibility index (Phi) is 7.54. The molecule has 0 spiro atoms. The Morgan fingerprint density at radius 1 is 1.22 bits per heavy atom. The molecule has 6 heteroatoms. The van der Waals surface area contributed by atoms with E-state index in [1.807, 2.05) is 6.07 Å². The minimum absolute atomic E-state index is 0.0525. The highest BCUT2D eigenvalue weighted by Crippen LogP contribution is 2.26. The molecule has 0 heterocycles. The van der Waals surface area contributed by atoms with Crippen molar-refractivity contribution < 1.29 is 24.2 Å². The number of benzene rings is 1. The van der Waals surface area contributed by atoms with Crippen molar-refractivity contribution in [3.8, 4) is 5.75 Å². The van der Waals surface area contributed by atoms with E-state index in [-0.39, 0.29) is 18.7 Å². The van der Waals surface area contributed by atoms with Crippen LogP contribution in [0.3, 0.4) is 0 Å². The van der Waals surface area contributed by atoms with Gasteiger partial charge in [-0.25, -0.2) is 0 Å². The van der Waals surface area contributed by atoms with Crippen molar-refractivity contribution in [3.05, 3.63) is 24.3 Å². The van der Waals surface area contributed by atoms with E-state index >= 15 is 0 Å². The van der Waals surface area contributed by atoms with Crippen LogP contribution in [-0.2, 0) is 14.3 Å². The molecule has 0 bridgehead atoms. The topological polar surface area (TPSA) is 84.9 Å². The van der Waals surface area contributed by atoms with Crippen LogP contribution in [-0.4, -0.2) is 37.3 Å². The summed E-state index contributed by atoms with van der Waals surface area (Å²) in [5, 5.41) is 11.6. The van der Waals surface area contributed by atoms with E-state index in [0.717, 1.165) is 6.42 Å². The van der Waals surface area contributed by atoms with Crippen molar-refractivity contribution in [1.29, 1.82) is 0 Å². The zero-order chi connectivity index (χ0) is 17.3. The first kappa shape index (κ1) is 19.0. The lowest BCUT2D eigenvalue weighted by Crippen LogP contribution is -2.24. The van der Waals surface area contributed by atoms with Crippen LogP contribution in [0.1, 0.15) is 33.1 Å². The van der Waals surface area contributed by atoms with Crippen molar-refractivity contribution in [1.82, 2.24) is 0 Å². The average Bonchev–Trinajstić information content (AvgIpc) is 2.41. The Morgan fingerprint density at radius 2 is 1.96 bits per heavy atom. The van der Waals surface area contributed by atoms with Gasteiger partial charge in [0, 0.05) is 38.3 Å². The smallest absolute Gasteiger partial charge is 0.303 e. The summed E-state index contributed by atoms with van der Waals surface area (Å²) in [7, 11) is 1.64. The number of ether oxygens (including phenoxy) is 2. The second-order valence-electron chi connectivity index (χ2n) is 6.18. The summed E-state index contributed by atoms with van der Waals surface area (Å²) in [6, 6.07) is 7.12. The minimum atomic E-state index is -0.908. The lowest BCUT2D eigenvalue weighted by Gasteiger charge is -2.21. The fourth-order valence-electron chi connectivity index (χ4n) is 2.17. The lowest BCUT2D eigenvalue weighted by atomic mass is 9.85. The van der Waals surface area contributed by atoms with Gasteiger partial charge >= 0.3 is 5.97 Å². The van der Waals surface area contributed by atoms with Crippen molar-refractivity contribution >= 4 is 17.6 Å². The molecule has 1 amide bonds. The Labute approximate surface area is 136 Å². The number of nitrogens with one attached hydrogen (secondary N) is 1. The van der Waals surface area contributed by atoms with Gasteiger partial charge in [0.2, 0.25) is 5.91 Å². The minimum Gasteiger partial charge on any atom is -0.493 e. The Balaban J connectivity index is 2.53. The SMILES string of the molecule is COCCCOc1cccc(NC(=O)CC(C)(C)CC(=O)O)c1. The van der Waals surface area contributed by atoms with Gasteiger partial charge in [0.15, 0.2) is 0 Å². The van der Waals surface area contributed by atoms with Crippen LogP contribution >= 0.6 is 0 Å². The van der Waals surface area contributed by atoms with Crippen molar-refractivity contribution in [3.63, 3.8) is 0 Å². The number of rotatable bonds is 10. The third kappa shape index (κ3) is 8.21. The highest BCUT2D eigenvalue weighted by molar-refractivity contribution is 5.91. The van der Waals surface area contributed by atoms with Crippen molar-refractivity contribution in [2.24, 2.45) is 5.41 Å². The molecule has 1 rings (SSSR count). The van der Waals surface area contributed by atoms with Crippen LogP contribution in [0.15, 0.2) is 24.3 Å². The maximum Gasteiger partial charge on any atom is 0.303 e. The third-order valence-corrected chi connectivity index (χ3v) is 3.15. The largest absolute Gasteiger partial charge is 0.493 e. The first-order valence-corrected chi connectivity index (χ1v) is 7.56. The first-order valence-electron chi connectivity index (χ1n) is 7.56. The number of anilines is 1. The highest BCUT2D eigenvalue weighted by Gasteiger charge is 2.25. The number of aliphatic carboxylic acids is 1. The van der Waals surface area contributed by atoms with Gasteiger partial charge in [-0.15, -0.1) is 0 Å². The fourth-order valence-corrected chi connectivity index (χ4v) is 2.17. The van der Waals surface area contributed by atoms with Gasteiger partial charge < -0.3 is 19.9 Å². The van der Waals surface area contributed by atoms with E-state index in [4.69, 9.17) is 14.6 Å². The molecule has 0 unspecified atom stereocenters. The van der Waals surface area contributed by atoms with Gasteiger partial charge in [0.1, 0.15) is 5.75 Å². The molecule has 0 aliphatic carbocycles. The molecular weight excluding hydrogens is 298 g/mol. The van der Waals surface area contributed by atoms with E-state index in [1.54, 1.807) is 39.2 Å². The maximum absolute atomic E-state index is 12.1. The number of carbonyl (C=O) groups is 2. The predicted octanol–water partition coefficient (Wildman–Crippen LogP) is 2.93. The van der Waals surface area contributed by atoms with E-state index in [0.29, 0.717) is 24.7 Å². The molecule has 0 aromatic heterocycles. The summed E-state index contributed by atoms with van der Waals surface area (Å²) in [5.41, 5.74) is 0.0369. The summed E-state index contributed by atoms with van der Waals surface area (Å²) in [4.78, 5) is 22.8. The monoisotopic (exact) mass is 323 g/mol. The number of methoxy groups -OCH3 is 1. The Morgan fingerprint density at radius 3 is 2.61 bits per heavy atom. The molecule has 2 N–H and O–H groups in total. The molecular formula is C17H25NO5. The quantitative estimate of drug-likeness (QED) is 0.647. The molecule has 1 aromatic carbocycles. The number of hydrogen-bond donors (Lipinski definition) is 2. The molecule has 0 saturated carbocycles. The van der Waals surface area contributed by atoms with Gasteiger partial charge in [-0.05, 0) is 17.5 Å². The molecule has 23 heavy (non-hydrogen) atoms. The molecule has 0 radical (unpaired) electrons. The van der Waals surface area contributed by atoms with Crippen molar-refractivity contribution in [2.75, 3.05) is 25.6 Å². The predicted molar refractivity (Wildman–Crippen MR) is 87.7 cm³/mol. The Hall–Kier alpha value is -2.08. The highest BCUT2D eigenvalue weighted by atomic mass is 16.5. The molecule has 1 aromatic rings. The molecule has 0 atom stereocenters. The number of amides is 1. The van der Waals surface area contributed by atoms with Crippen LogP contribution in [0.25, 0.3) is 0 Å². The van der Waals surface area contributed by atoms with E-state index in [1.165, 1.54) is 0 Å². The van der Waals surface area contributed by atoms with Crippen LogP contribution < -0.4 is 10.1 Å². The average molecular weight is 323 g/mol. The zero-order valence-corrected chi connectivity index (χ0v) is 13.9. The Bertz CT molecular complexity index is 527. The molecule has 128 valence electrons. The van der Waals surface area contributed by atoms with Crippen LogP contribution in [0, 0.1) is 5.41 Å². The molecule has 6 nitrogen and oxygen atoms in total. The number of carbonyl (C=O) groups excluding carboxylic acids is 1. The summed E-state index contributed by atoms with van der Waals surface area (Å²) in [6.45, 7) is 4.69. The molecule has 0 fully saturated rings. The number of hydrogen-bond acceptors (Lipinski definition) is 4. The van der Waals surface area contributed by atoms with E-state index < -0.39 is 11.4 Å². The van der Waals surface area contributed by atoms with Gasteiger partial charge in [0.05, 0.1) is 13.0 Å². The first-order chi connectivity index (χ1) is 10.8.